The lowest BCUT2D eigenvalue weighted by Crippen LogP contribution is -2.08. The van der Waals surface area contributed by atoms with Gasteiger partial charge in [-0.1, -0.05) is 12.1 Å². The number of methoxy groups -OCH3 is 1. The Morgan fingerprint density at radius 1 is 1.17 bits per heavy atom. The number of hydrogen-bond donors (Lipinski definition) is 1. The summed E-state index contributed by atoms with van der Waals surface area (Å²) in [7, 11) is 1.63. The molecule has 2 aromatic carbocycles. The van der Waals surface area contributed by atoms with Gasteiger partial charge in [-0.05, 0) is 42.1 Å². The van der Waals surface area contributed by atoms with Crippen LogP contribution >= 0.6 is 0 Å². The normalized spacial score (nSPS) is 11.9. The third kappa shape index (κ3) is 3.12. The highest BCUT2D eigenvalue weighted by molar-refractivity contribution is 5.93. The largest absolute Gasteiger partial charge is 0.497 e. The summed E-state index contributed by atoms with van der Waals surface area (Å²) in [4.78, 5) is 14.9. The molecule has 0 bridgehead atoms. The number of non-ortho nitro benzene ring substituents is 1. The van der Waals surface area contributed by atoms with Gasteiger partial charge >= 0.3 is 0 Å². The number of benzene rings is 2. The Bertz CT molecular complexity index is 878. The molecule has 1 N–H and O–H groups in total. The molecule has 3 aromatic rings. The summed E-state index contributed by atoms with van der Waals surface area (Å²) >= 11 is 0. The average molecular weight is 323 g/mol. The highest BCUT2D eigenvalue weighted by atomic mass is 16.6. The Morgan fingerprint density at radius 2 is 1.92 bits per heavy atom. The van der Waals surface area contributed by atoms with Crippen LogP contribution in [0.4, 0.5) is 11.5 Å². The fraction of sp³-hybridized carbons (Fsp3) is 0.167. The molecule has 0 spiro atoms. The zero-order valence-corrected chi connectivity index (χ0v) is 13.4. The van der Waals surface area contributed by atoms with Crippen molar-refractivity contribution in [3.8, 4) is 5.75 Å². The van der Waals surface area contributed by atoms with Crippen LogP contribution in [0.3, 0.4) is 0 Å². The van der Waals surface area contributed by atoms with E-state index in [9.17, 15) is 10.1 Å². The summed E-state index contributed by atoms with van der Waals surface area (Å²) in [5, 5.41) is 15.9. The van der Waals surface area contributed by atoms with E-state index in [4.69, 9.17) is 4.74 Å². The first-order chi connectivity index (χ1) is 11.6. The Hall–Kier alpha value is -3.15. The highest BCUT2D eigenvalue weighted by Gasteiger charge is 2.12. The van der Waals surface area contributed by atoms with Crippen molar-refractivity contribution in [1.29, 1.82) is 0 Å². The van der Waals surface area contributed by atoms with Crippen molar-refractivity contribution in [2.75, 3.05) is 12.4 Å². The molecule has 6 nitrogen and oxygen atoms in total. The average Bonchev–Trinajstić information content (AvgIpc) is 2.61. The Morgan fingerprint density at radius 3 is 2.58 bits per heavy atom. The fourth-order valence-corrected chi connectivity index (χ4v) is 2.57. The minimum absolute atomic E-state index is 0.0317. The van der Waals surface area contributed by atoms with Crippen LogP contribution in [0, 0.1) is 10.1 Å². The van der Waals surface area contributed by atoms with Gasteiger partial charge in [0, 0.05) is 29.8 Å². The number of ether oxygens (including phenoxy) is 1. The number of fused-ring (bicyclic) bond motifs is 1. The van der Waals surface area contributed by atoms with Crippen LogP contribution in [0.25, 0.3) is 10.8 Å². The minimum atomic E-state index is -0.396. The van der Waals surface area contributed by atoms with Gasteiger partial charge in [0.2, 0.25) is 0 Å². The second-order valence-corrected chi connectivity index (χ2v) is 5.46. The number of anilines is 1. The Labute approximate surface area is 139 Å². The lowest BCUT2D eigenvalue weighted by atomic mass is 10.1. The first-order valence-electron chi connectivity index (χ1n) is 7.52. The number of pyridine rings is 1. The van der Waals surface area contributed by atoms with E-state index >= 15 is 0 Å². The van der Waals surface area contributed by atoms with Gasteiger partial charge in [-0.15, -0.1) is 0 Å². The molecule has 24 heavy (non-hydrogen) atoms. The standard InChI is InChI=1S/C18H17N3O3/c1-12(13-3-6-16(24-2)7-4-13)20-18-17-8-5-15(21(22)23)11-14(17)9-10-19-18/h3-12H,1-2H3,(H,19,20). The molecule has 0 radical (unpaired) electrons. The zero-order valence-electron chi connectivity index (χ0n) is 13.4. The predicted molar refractivity (Wildman–Crippen MR) is 93.4 cm³/mol. The first kappa shape index (κ1) is 15.7. The molecule has 1 atom stereocenters. The minimum Gasteiger partial charge on any atom is -0.497 e. The van der Waals surface area contributed by atoms with E-state index in [1.165, 1.54) is 6.07 Å². The lowest BCUT2D eigenvalue weighted by molar-refractivity contribution is -0.384. The molecule has 1 unspecified atom stereocenters. The summed E-state index contributed by atoms with van der Waals surface area (Å²) in [6, 6.07) is 14.4. The van der Waals surface area contributed by atoms with Gasteiger partial charge < -0.3 is 10.1 Å². The lowest BCUT2D eigenvalue weighted by Gasteiger charge is -2.16. The van der Waals surface area contributed by atoms with Crippen LogP contribution in [-0.2, 0) is 0 Å². The van der Waals surface area contributed by atoms with Crippen molar-refractivity contribution in [1.82, 2.24) is 4.98 Å². The summed E-state index contributed by atoms with van der Waals surface area (Å²) < 4.78 is 5.17. The maximum absolute atomic E-state index is 10.9. The van der Waals surface area contributed by atoms with E-state index in [2.05, 4.69) is 10.3 Å². The van der Waals surface area contributed by atoms with Crippen LogP contribution in [0.5, 0.6) is 5.75 Å². The number of nitrogens with one attached hydrogen (secondary N) is 1. The van der Waals surface area contributed by atoms with Crippen LogP contribution in [-0.4, -0.2) is 17.0 Å². The molecule has 0 aliphatic heterocycles. The first-order valence-corrected chi connectivity index (χ1v) is 7.52. The maximum atomic E-state index is 10.9. The molecule has 1 aromatic heterocycles. The number of rotatable bonds is 5. The third-order valence-corrected chi connectivity index (χ3v) is 3.93. The topological polar surface area (TPSA) is 77.3 Å². The number of nitrogens with zero attached hydrogens (tertiary/aromatic N) is 2. The summed E-state index contributed by atoms with van der Waals surface area (Å²) in [6.45, 7) is 2.04. The second kappa shape index (κ2) is 6.54. The Kier molecular flexibility index (Phi) is 4.29. The van der Waals surface area contributed by atoms with E-state index in [0.29, 0.717) is 5.82 Å². The highest BCUT2D eigenvalue weighted by Crippen LogP contribution is 2.28. The van der Waals surface area contributed by atoms with Crippen molar-refractivity contribution in [2.24, 2.45) is 0 Å². The third-order valence-electron chi connectivity index (χ3n) is 3.93. The van der Waals surface area contributed by atoms with Gasteiger partial charge in [0.15, 0.2) is 0 Å². The van der Waals surface area contributed by atoms with Gasteiger partial charge in [-0.25, -0.2) is 4.98 Å². The van der Waals surface area contributed by atoms with E-state index in [-0.39, 0.29) is 11.7 Å². The van der Waals surface area contributed by atoms with Crippen molar-refractivity contribution in [3.05, 3.63) is 70.4 Å². The fourth-order valence-electron chi connectivity index (χ4n) is 2.57. The second-order valence-electron chi connectivity index (χ2n) is 5.46. The molecule has 1 heterocycles. The van der Waals surface area contributed by atoms with Crippen molar-refractivity contribution >= 4 is 22.3 Å². The molecule has 0 aliphatic carbocycles. The van der Waals surface area contributed by atoms with E-state index < -0.39 is 4.92 Å². The summed E-state index contributed by atoms with van der Waals surface area (Å²) in [6.07, 6.45) is 1.65. The molecule has 0 fully saturated rings. The number of hydrogen-bond acceptors (Lipinski definition) is 5. The van der Waals surface area contributed by atoms with Gasteiger partial charge in [0.05, 0.1) is 12.0 Å². The van der Waals surface area contributed by atoms with E-state index in [1.54, 1.807) is 31.5 Å². The number of aromatic nitrogens is 1. The molecule has 0 saturated heterocycles. The van der Waals surface area contributed by atoms with Crippen LogP contribution in [0.1, 0.15) is 18.5 Å². The predicted octanol–water partition coefficient (Wildman–Crippen LogP) is 4.32. The number of nitro benzene ring substituents is 1. The molecule has 3 rings (SSSR count). The van der Waals surface area contributed by atoms with Crippen molar-refractivity contribution in [3.63, 3.8) is 0 Å². The van der Waals surface area contributed by atoms with Crippen LogP contribution < -0.4 is 10.1 Å². The molecule has 0 amide bonds. The monoisotopic (exact) mass is 323 g/mol. The SMILES string of the molecule is COc1ccc(C(C)Nc2nccc3cc([N+](=O)[O-])ccc23)cc1. The van der Waals surface area contributed by atoms with E-state index in [0.717, 1.165) is 22.1 Å². The van der Waals surface area contributed by atoms with Gasteiger partial charge in [0.25, 0.3) is 5.69 Å². The quantitative estimate of drug-likeness (QED) is 0.559. The van der Waals surface area contributed by atoms with Crippen molar-refractivity contribution < 1.29 is 9.66 Å². The molecule has 122 valence electrons. The van der Waals surface area contributed by atoms with E-state index in [1.807, 2.05) is 31.2 Å². The Balaban J connectivity index is 1.89. The van der Waals surface area contributed by atoms with Gasteiger partial charge in [0.1, 0.15) is 11.6 Å². The van der Waals surface area contributed by atoms with Crippen LogP contribution in [0.2, 0.25) is 0 Å². The summed E-state index contributed by atoms with van der Waals surface area (Å²) in [5.41, 5.74) is 1.17. The number of nitro groups is 1. The van der Waals surface area contributed by atoms with Crippen LogP contribution in [0.15, 0.2) is 54.7 Å². The maximum Gasteiger partial charge on any atom is 0.270 e. The molecular formula is C18H17N3O3. The zero-order chi connectivity index (χ0) is 17.1. The smallest absolute Gasteiger partial charge is 0.270 e. The molecule has 0 saturated carbocycles. The van der Waals surface area contributed by atoms with Gasteiger partial charge in [-0.2, -0.15) is 0 Å². The summed E-state index contributed by atoms with van der Waals surface area (Å²) in [5.74, 6) is 1.51. The van der Waals surface area contributed by atoms with Gasteiger partial charge in [-0.3, -0.25) is 10.1 Å². The molecule has 6 heteroatoms. The van der Waals surface area contributed by atoms with Crippen molar-refractivity contribution in [2.45, 2.75) is 13.0 Å². The molecule has 0 aliphatic rings. The molecular weight excluding hydrogens is 306 g/mol.